The van der Waals surface area contributed by atoms with E-state index in [4.69, 9.17) is 9.72 Å². The second kappa shape index (κ2) is 10.2. The molecular formula is C25H32ClN3O2. The first-order valence-corrected chi connectivity index (χ1v) is 11.0. The molecule has 1 amide bonds. The molecule has 0 bridgehead atoms. The number of fused-ring (bicyclic) bond motifs is 1. The molecule has 6 heteroatoms. The molecule has 3 aromatic rings. The van der Waals surface area contributed by atoms with Crippen molar-refractivity contribution >= 4 is 24.0 Å². The Bertz CT molecular complexity index is 1040. The fraction of sp³-hybridized carbons (Fsp3) is 0.440. The zero-order chi connectivity index (χ0) is 21.1. The van der Waals surface area contributed by atoms with Crippen molar-refractivity contribution in [2.75, 3.05) is 13.1 Å². The van der Waals surface area contributed by atoms with Crippen LogP contribution >= 0.6 is 12.4 Å². The number of ether oxygens (including phenoxy) is 1. The smallest absolute Gasteiger partial charge is 0.222 e. The number of amides is 1. The molecule has 2 aromatic heterocycles. The van der Waals surface area contributed by atoms with E-state index < -0.39 is 0 Å². The second-order valence-electron chi connectivity index (χ2n) is 8.27. The molecule has 1 aliphatic heterocycles. The summed E-state index contributed by atoms with van der Waals surface area (Å²) in [7, 11) is 0. The van der Waals surface area contributed by atoms with Crippen LogP contribution in [-0.2, 0) is 11.4 Å². The van der Waals surface area contributed by atoms with Gasteiger partial charge >= 0.3 is 0 Å². The molecule has 3 heterocycles. The molecule has 0 N–H and O–H groups in total. The molecule has 166 valence electrons. The van der Waals surface area contributed by atoms with Crippen LogP contribution in [0.3, 0.4) is 0 Å². The summed E-state index contributed by atoms with van der Waals surface area (Å²) in [4.78, 5) is 19.1. The van der Waals surface area contributed by atoms with E-state index in [-0.39, 0.29) is 18.3 Å². The summed E-state index contributed by atoms with van der Waals surface area (Å²) in [5, 5.41) is 0. The van der Waals surface area contributed by atoms with E-state index in [2.05, 4.69) is 43.5 Å². The lowest BCUT2D eigenvalue weighted by molar-refractivity contribution is -0.132. The Balaban J connectivity index is 0.00000272. The second-order valence-corrected chi connectivity index (χ2v) is 8.27. The molecule has 0 unspecified atom stereocenters. The van der Waals surface area contributed by atoms with E-state index >= 15 is 0 Å². The third kappa shape index (κ3) is 4.87. The normalized spacial score (nSPS) is 14.5. The molecule has 1 aliphatic rings. The number of halogens is 1. The summed E-state index contributed by atoms with van der Waals surface area (Å²) in [5.74, 6) is 1.51. The monoisotopic (exact) mass is 441 g/mol. The fourth-order valence-electron chi connectivity index (χ4n) is 4.48. The molecule has 1 saturated heterocycles. The first-order valence-electron chi connectivity index (χ1n) is 11.0. The Hall–Kier alpha value is -2.53. The highest BCUT2D eigenvalue weighted by Gasteiger charge is 2.27. The number of piperidine rings is 1. The summed E-state index contributed by atoms with van der Waals surface area (Å²) in [6.45, 7) is 8.45. The summed E-state index contributed by atoms with van der Waals surface area (Å²) in [6, 6.07) is 12.3. The van der Waals surface area contributed by atoms with Gasteiger partial charge in [0.25, 0.3) is 0 Å². The molecule has 1 fully saturated rings. The number of benzene rings is 1. The number of imidazole rings is 1. The van der Waals surface area contributed by atoms with Crippen LogP contribution in [0.25, 0.3) is 5.65 Å². The average Bonchev–Trinajstić information content (AvgIpc) is 3.10. The molecule has 1 aromatic carbocycles. The number of carbonyl (C=O) groups is 1. The number of aromatic nitrogens is 2. The maximum absolute atomic E-state index is 12.2. The summed E-state index contributed by atoms with van der Waals surface area (Å²) < 4.78 is 8.37. The minimum atomic E-state index is 0. The summed E-state index contributed by atoms with van der Waals surface area (Å²) >= 11 is 0. The quantitative estimate of drug-likeness (QED) is 0.510. The molecule has 31 heavy (non-hydrogen) atoms. The van der Waals surface area contributed by atoms with E-state index in [9.17, 15) is 4.79 Å². The standard InChI is InChI=1S/C25H31N3O2.ClH/c1-4-8-23(29)27-15-12-20(13-16-27)24-19(3)26-25-22(11-7-14-28(24)25)30-17-21-10-6-5-9-18(21)2;/h5-7,9-11,14,20H,4,8,12-13,15-17H2,1-3H3;1H. The molecule has 0 radical (unpaired) electrons. The van der Waals surface area contributed by atoms with Crippen LogP contribution in [0.1, 0.15) is 61.0 Å². The maximum atomic E-state index is 12.2. The van der Waals surface area contributed by atoms with Gasteiger partial charge in [0.15, 0.2) is 11.4 Å². The van der Waals surface area contributed by atoms with Crippen LogP contribution in [0.5, 0.6) is 5.75 Å². The van der Waals surface area contributed by atoms with Crippen LogP contribution in [0, 0.1) is 13.8 Å². The number of rotatable bonds is 6. The molecule has 4 rings (SSSR count). The lowest BCUT2D eigenvalue weighted by atomic mass is 9.92. The highest BCUT2D eigenvalue weighted by molar-refractivity contribution is 5.85. The van der Waals surface area contributed by atoms with Crippen LogP contribution in [0.2, 0.25) is 0 Å². The van der Waals surface area contributed by atoms with Gasteiger partial charge in [0.2, 0.25) is 5.91 Å². The van der Waals surface area contributed by atoms with Crippen molar-refractivity contribution in [3.8, 4) is 5.75 Å². The number of carbonyl (C=O) groups excluding carboxylic acids is 1. The first-order chi connectivity index (χ1) is 14.6. The van der Waals surface area contributed by atoms with Crippen LogP contribution in [-0.4, -0.2) is 33.3 Å². The Labute approximate surface area is 190 Å². The van der Waals surface area contributed by atoms with E-state index in [0.717, 1.165) is 49.4 Å². The number of nitrogens with zero attached hydrogens (tertiary/aromatic N) is 3. The average molecular weight is 442 g/mol. The summed E-state index contributed by atoms with van der Waals surface area (Å²) in [6.07, 6.45) is 5.62. The van der Waals surface area contributed by atoms with Gasteiger partial charge in [-0.25, -0.2) is 4.98 Å². The first kappa shape index (κ1) is 23.1. The Morgan fingerprint density at radius 3 is 2.58 bits per heavy atom. The summed E-state index contributed by atoms with van der Waals surface area (Å²) in [5.41, 5.74) is 5.61. The van der Waals surface area contributed by atoms with Gasteiger partial charge in [0, 0.05) is 37.3 Å². The van der Waals surface area contributed by atoms with Crippen LogP contribution in [0.15, 0.2) is 42.6 Å². The molecular weight excluding hydrogens is 410 g/mol. The van der Waals surface area contributed by atoms with Crippen molar-refractivity contribution < 1.29 is 9.53 Å². The molecule has 5 nitrogen and oxygen atoms in total. The topological polar surface area (TPSA) is 46.8 Å². The number of pyridine rings is 1. The van der Waals surface area contributed by atoms with Crippen LogP contribution < -0.4 is 4.74 Å². The predicted octanol–water partition coefficient (Wildman–Crippen LogP) is 5.46. The van der Waals surface area contributed by atoms with Gasteiger partial charge in [-0.1, -0.05) is 31.2 Å². The highest BCUT2D eigenvalue weighted by Crippen LogP contribution is 2.33. The molecule has 0 saturated carbocycles. The minimum Gasteiger partial charge on any atom is -0.485 e. The number of hydrogen-bond donors (Lipinski definition) is 0. The zero-order valence-corrected chi connectivity index (χ0v) is 19.5. The third-order valence-electron chi connectivity index (χ3n) is 6.18. The Kier molecular flexibility index (Phi) is 7.60. The number of likely N-dealkylation sites (tertiary alicyclic amines) is 1. The highest BCUT2D eigenvalue weighted by atomic mass is 35.5. The van der Waals surface area contributed by atoms with Crippen molar-refractivity contribution in [1.29, 1.82) is 0 Å². The van der Waals surface area contributed by atoms with Gasteiger partial charge in [0.1, 0.15) is 6.61 Å². The molecule has 0 atom stereocenters. The van der Waals surface area contributed by atoms with E-state index in [1.165, 1.54) is 16.8 Å². The zero-order valence-electron chi connectivity index (χ0n) is 18.6. The van der Waals surface area contributed by atoms with Gasteiger partial charge in [0.05, 0.1) is 5.69 Å². The largest absolute Gasteiger partial charge is 0.485 e. The minimum absolute atomic E-state index is 0. The van der Waals surface area contributed by atoms with E-state index in [1.807, 2.05) is 29.2 Å². The van der Waals surface area contributed by atoms with E-state index in [1.54, 1.807) is 0 Å². The number of aryl methyl sites for hydroxylation is 2. The van der Waals surface area contributed by atoms with Crippen molar-refractivity contribution in [2.24, 2.45) is 0 Å². The number of hydrogen-bond acceptors (Lipinski definition) is 3. The van der Waals surface area contributed by atoms with Crippen molar-refractivity contribution in [3.63, 3.8) is 0 Å². The fourth-order valence-corrected chi connectivity index (χ4v) is 4.48. The van der Waals surface area contributed by atoms with Gasteiger partial charge in [-0.2, -0.15) is 0 Å². The van der Waals surface area contributed by atoms with Crippen molar-refractivity contribution in [3.05, 3.63) is 65.1 Å². The predicted molar refractivity (Wildman–Crippen MR) is 126 cm³/mol. The van der Waals surface area contributed by atoms with Crippen LogP contribution in [0.4, 0.5) is 0 Å². The third-order valence-corrected chi connectivity index (χ3v) is 6.18. The van der Waals surface area contributed by atoms with Gasteiger partial charge < -0.3 is 14.0 Å². The van der Waals surface area contributed by atoms with Gasteiger partial charge in [-0.15, -0.1) is 12.4 Å². The Morgan fingerprint density at radius 2 is 1.87 bits per heavy atom. The van der Waals surface area contributed by atoms with Crippen molar-refractivity contribution in [1.82, 2.24) is 14.3 Å². The lowest BCUT2D eigenvalue weighted by Gasteiger charge is -2.32. The molecule has 0 spiro atoms. The van der Waals surface area contributed by atoms with Gasteiger partial charge in [-0.3, -0.25) is 4.79 Å². The Morgan fingerprint density at radius 1 is 1.13 bits per heavy atom. The molecule has 0 aliphatic carbocycles. The SMILES string of the molecule is CCCC(=O)N1CCC(c2c(C)nc3c(OCc4ccccc4C)cccn23)CC1.Cl. The van der Waals surface area contributed by atoms with Crippen molar-refractivity contribution in [2.45, 2.75) is 59.0 Å². The maximum Gasteiger partial charge on any atom is 0.222 e. The lowest BCUT2D eigenvalue weighted by Crippen LogP contribution is -2.38. The van der Waals surface area contributed by atoms with E-state index in [0.29, 0.717) is 18.9 Å². The van der Waals surface area contributed by atoms with Gasteiger partial charge in [-0.05, 0) is 56.4 Å².